The molecule has 0 aromatic carbocycles. The summed E-state index contributed by atoms with van der Waals surface area (Å²) >= 11 is 5.89. The first kappa shape index (κ1) is 10.1. The third-order valence-corrected chi connectivity index (χ3v) is 2.32. The van der Waals surface area contributed by atoms with Crippen LogP contribution in [0.2, 0.25) is 5.02 Å². The number of hydrogen-bond donors (Lipinski definition) is 1. The van der Waals surface area contributed by atoms with Crippen LogP contribution >= 0.6 is 11.6 Å². The van der Waals surface area contributed by atoms with E-state index in [9.17, 15) is 0 Å². The number of aryl methyl sites for hydroxylation is 1. The van der Waals surface area contributed by atoms with Crippen molar-refractivity contribution in [3.8, 4) is 5.95 Å². The van der Waals surface area contributed by atoms with Crippen molar-refractivity contribution in [3.63, 3.8) is 0 Å². The molecule has 0 aliphatic rings. The zero-order chi connectivity index (χ0) is 10.8. The normalized spacial score (nSPS) is 10.6. The molecule has 0 aliphatic carbocycles. The standard InChI is InChI=1S/C9H10ClN5/c1-6-8(10)5-15(14-6)9-12-3-2-7(4-11)13-9/h2-3,5H,4,11H2,1H3. The molecule has 0 bridgehead atoms. The molecule has 5 nitrogen and oxygen atoms in total. The Balaban J connectivity index is 2.44. The maximum Gasteiger partial charge on any atom is 0.250 e. The molecule has 0 aliphatic heterocycles. The zero-order valence-corrected chi connectivity index (χ0v) is 8.94. The molecule has 2 N–H and O–H groups in total. The highest BCUT2D eigenvalue weighted by Crippen LogP contribution is 2.14. The van der Waals surface area contributed by atoms with Gasteiger partial charge in [0.1, 0.15) is 0 Å². The summed E-state index contributed by atoms with van der Waals surface area (Å²) in [4.78, 5) is 8.31. The minimum absolute atomic E-state index is 0.378. The van der Waals surface area contributed by atoms with Crippen LogP contribution in [0, 0.1) is 6.92 Å². The third kappa shape index (κ3) is 1.98. The lowest BCUT2D eigenvalue weighted by Crippen LogP contribution is -2.06. The van der Waals surface area contributed by atoms with Crippen molar-refractivity contribution in [2.75, 3.05) is 0 Å². The Labute approximate surface area is 91.9 Å². The molecule has 0 unspecified atom stereocenters. The molecule has 2 aromatic rings. The quantitative estimate of drug-likeness (QED) is 0.827. The van der Waals surface area contributed by atoms with E-state index in [1.807, 2.05) is 6.92 Å². The minimum Gasteiger partial charge on any atom is -0.325 e. The van der Waals surface area contributed by atoms with Gasteiger partial charge in [-0.2, -0.15) is 5.10 Å². The average molecular weight is 224 g/mol. The number of nitrogens with two attached hydrogens (primary N) is 1. The van der Waals surface area contributed by atoms with Gasteiger partial charge in [0.25, 0.3) is 5.95 Å². The van der Waals surface area contributed by atoms with E-state index in [0.29, 0.717) is 17.5 Å². The Kier molecular flexibility index (Phi) is 2.66. The van der Waals surface area contributed by atoms with E-state index in [1.54, 1.807) is 18.5 Å². The fourth-order valence-electron chi connectivity index (χ4n) is 1.15. The molecule has 78 valence electrons. The third-order valence-electron chi connectivity index (χ3n) is 1.95. The maximum atomic E-state index is 5.89. The molecule has 0 saturated heterocycles. The van der Waals surface area contributed by atoms with Gasteiger partial charge >= 0.3 is 0 Å². The average Bonchev–Trinajstić information content (AvgIpc) is 2.59. The molecule has 0 fully saturated rings. The molecule has 2 heterocycles. The van der Waals surface area contributed by atoms with Crippen LogP contribution < -0.4 is 5.73 Å². The molecule has 2 aromatic heterocycles. The number of rotatable bonds is 2. The first-order valence-corrected chi connectivity index (χ1v) is 4.82. The molecule has 15 heavy (non-hydrogen) atoms. The highest BCUT2D eigenvalue weighted by molar-refractivity contribution is 6.31. The van der Waals surface area contributed by atoms with E-state index < -0.39 is 0 Å². The summed E-state index contributed by atoms with van der Waals surface area (Å²) in [5.41, 5.74) is 7.00. The van der Waals surface area contributed by atoms with E-state index >= 15 is 0 Å². The summed E-state index contributed by atoms with van der Waals surface area (Å²) < 4.78 is 1.54. The lowest BCUT2D eigenvalue weighted by molar-refractivity contribution is 0.781. The van der Waals surface area contributed by atoms with Crippen molar-refractivity contribution in [1.29, 1.82) is 0 Å². The van der Waals surface area contributed by atoms with Crippen LogP contribution in [0.15, 0.2) is 18.5 Å². The second kappa shape index (κ2) is 3.96. The van der Waals surface area contributed by atoms with E-state index in [4.69, 9.17) is 17.3 Å². The van der Waals surface area contributed by atoms with E-state index in [2.05, 4.69) is 15.1 Å². The molecular formula is C9H10ClN5. The lowest BCUT2D eigenvalue weighted by atomic mass is 10.4. The van der Waals surface area contributed by atoms with Crippen molar-refractivity contribution >= 4 is 11.6 Å². The van der Waals surface area contributed by atoms with Gasteiger partial charge in [-0.05, 0) is 13.0 Å². The van der Waals surface area contributed by atoms with Crippen LogP contribution in [0.3, 0.4) is 0 Å². The van der Waals surface area contributed by atoms with Crippen LogP contribution in [0.5, 0.6) is 0 Å². The summed E-state index contributed by atoms with van der Waals surface area (Å²) in [5.74, 6) is 0.480. The second-order valence-electron chi connectivity index (χ2n) is 3.06. The predicted molar refractivity (Wildman–Crippen MR) is 56.8 cm³/mol. The van der Waals surface area contributed by atoms with Crippen LogP contribution in [0.4, 0.5) is 0 Å². The van der Waals surface area contributed by atoms with Crippen molar-refractivity contribution < 1.29 is 0 Å². The highest BCUT2D eigenvalue weighted by atomic mass is 35.5. The maximum absolute atomic E-state index is 5.89. The van der Waals surface area contributed by atoms with Gasteiger partial charge in [0.2, 0.25) is 0 Å². The molecule has 2 rings (SSSR count). The van der Waals surface area contributed by atoms with E-state index in [0.717, 1.165) is 11.4 Å². The summed E-state index contributed by atoms with van der Waals surface area (Å²) in [6, 6.07) is 1.77. The molecule has 6 heteroatoms. The Morgan fingerprint density at radius 2 is 2.33 bits per heavy atom. The number of aromatic nitrogens is 4. The number of halogens is 1. The Hall–Kier alpha value is -1.46. The van der Waals surface area contributed by atoms with Crippen molar-refractivity contribution in [3.05, 3.63) is 34.9 Å². The fraction of sp³-hybridized carbons (Fsp3) is 0.222. The van der Waals surface area contributed by atoms with Crippen molar-refractivity contribution in [1.82, 2.24) is 19.7 Å². The van der Waals surface area contributed by atoms with Gasteiger partial charge in [-0.1, -0.05) is 11.6 Å². The first-order valence-electron chi connectivity index (χ1n) is 4.45. The van der Waals surface area contributed by atoms with Gasteiger partial charge in [0, 0.05) is 12.7 Å². The van der Waals surface area contributed by atoms with Crippen LogP contribution in [0.1, 0.15) is 11.4 Å². The number of hydrogen-bond acceptors (Lipinski definition) is 4. The first-order chi connectivity index (χ1) is 7.20. The summed E-state index contributed by atoms with van der Waals surface area (Å²) in [6.45, 7) is 2.20. The zero-order valence-electron chi connectivity index (χ0n) is 8.18. The fourth-order valence-corrected chi connectivity index (χ4v) is 1.28. The molecule has 0 radical (unpaired) electrons. The summed E-state index contributed by atoms with van der Waals surface area (Å²) in [5, 5.41) is 4.77. The van der Waals surface area contributed by atoms with Crippen LogP contribution in [-0.4, -0.2) is 19.7 Å². The topological polar surface area (TPSA) is 69.6 Å². The lowest BCUT2D eigenvalue weighted by Gasteiger charge is -2.00. The second-order valence-corrected chi connectivity index (χ2v) is 3.47. The molecular weight excluding hydrogens is 214 g/mol. The van der Waals surface area contributed by atoms with Gasteiger partial charge in [-0.25, -0.2) is 14.6 Å². The minimum atomic E-state index is 0.378. The number of nitrogens with zero attached hydrogens (tertiary/aromatic N) is 4. The molecule has 0 saturated carbocycles. The Morgan fingerprint density at radius 1 is 1.53 bits per heavy atom. The molecule has 0 amide bonds. The van der Waals surface area contributed by atoms with Gasteiger partial charge in [-0.3, -0.25) is 0 Å². The summed E-state index contributed by atoms with van der Waals surface area (Å²) in [7, 11) is 0. The van der Waals surface area contributed by atoms with Crippen LogP contribution in [-0.2, 0) is 6.54 Å². The Bertz CT molecular complexity index is 460. The van der Waals surface area contributed by atoms with Crippen molar-refractivity contribution in [2.45, 2.75) is 13.5 Å². The van der Waals surface area contributed by atoms with Gasteiger partial charge in [0.15, 0.2) is 0 Å². The monoisotopic (exact) mass is 223 g/mol. The van der Waals surface area contributed by atoms with E-state index in [1.165, 1.54) is 4.68 Å². The molecule has 0 spiro atoms. The van der Waals surface area contributed by atoms with Gasteiger partial charge in [-0.15, -0.1) is 0 Å². The largest absolute Gasteiger partial charge is 0.325 e. The predicted octanol–water partition coefficient (Wildman–Crippen LogP) is 1.08. The SMILES string of the molecule is Cc1nn(-c2nccc(CN)n2)cc1Cl. The summed E-state index contributed by atoms with van der Waals surface area (Å²) in [6.07, 6.45) is 3.32. The van der Waals surface area contributed by atoms with Crippen molar-refractivity contribution in [2.24, 2.45) is 5.73 Å². The van der Waals surface area contributed by atoms with Gasteiger partial charge in [0.05, 0.1) is 22.6 Å². The van der Waals surface area contributed by atoms with Gasteiger partial charge < -0.3 is 5.73 Å². The molecule has 0 atom stereocenters. The smallest absolute Gasteiger partial charge is 0.250 e. The Morgan fingerprint density at radius 3 is 2.93 bits per heavy atom. The highest BCUT2D eigenvalue weighted by Gasteiger charge is 2.06. The van der Waals surface area contributed by atoms with E-state index in [-0.39, 0.29) is 0 Å². The van der Waals surface area contributed by atoms with Crippen LogP contribution in [0.25, 0.3) is 5.95 Å².